The lowest BCUT2D eigenvalue weighted by Gasteiger charge is -2.38. The number of aromatic nitrogens is 1. The SMILES string of the molecule is Cc1c(/C=C2\SC(=S)N(CCc3ccccc3)C2=O)c(N2CCN(c3ccccc3F)CC2)n(C)c(=O)c1C#N. The Bertz CT molecular complexity index is 1600. The highest BCUT2D eigenvalue weighted by Crippen LogP contribution is 2.36. The van der Waals surface area contributed by atoms with Crippen molar-refractivity contribution in [3.05, 3.63) is 97.9 Å². The van der Waals surface area contributed by atoms with E-state index in [9.17, 15) is 19.2 Å². The van der Waals surface area contributed by atoms with Crippen molar-refractivity contribution in [3.63, 3.8) is 0 Å². The lowest BCUT2D eigenvalue weighted by molar-refractivity contribution is -0.122. The van der Waals surface area contributed by atoms with Crippen LogP contribution in [0.5, 0.6) is 0 Å². The predicted octanol–water partition coefficient (Wildman–Crippen LogP) is 4.48. The molecule has 3 heterocycles. The van der Waals surface area contributed by atoms with Crippen molar-refractivity contribution >= 4 is 51.8 Å². The van der Waals surface area contributed by atoms with Gasteiger partial charge in [-0.2, -0.15) is 5.26 Å². The second-order valence-corrected chi connectivity index (χ2v) is 11.4. The fourth-order valence-electron chi connectivity index (χ4n) is 5.17. The lowest BCUT2D eigenvalue weighted by atomic mass is 10.0. The molecule has 0 unspecified atom stereocenters. The number of thioether (sulfide) groups is 1. The molecule has 2 saturated heterocycles. The van der Waals surface area contributed by atoms with Gasteiger partial charge >= 0.3 is 0 Å². The van der Waals surface area contributed by atoms with Crippen LogP contribution in [-0.2, 0) is 18.3 Å². The number of carbonyl (C=O) groups excluding carboxylic acids is 1. The first-order chi connectivity index (χ1) is 19.3. The summed E-state index contributed by atoms with van der Waals surface area (Å²) in [6.07, 6.45) is 2.44. The highest BCUT2D eigenvalue weighted by Gasteiger charge is 2.33. The molecule has 2 aliphatic rings. The number of nitriles is 1. The van der Waals surface area contributed by atoms with Crippen LogP contribution in [0.4, 0.5) is 15.9 Å². The normalized spacial score (nSPS) is 16.6. The van der Waals surface area contributed by atoms with Gasteiger partial charge in [-0.1, -0.05) is 66.4 Å². The highest BCUT2D eigenvalue weighted by molar-refractivity contribution is 8.26. The summed E-state index contributed by atoms with van der Waals surface area (Å²) in [5, 5.41) is 9.77. The predicted molar refractivity (Wildman–Crippen MR) is 162 cm³/mol. The summed E-state index contributed by atoms with van der Waals surface area (Å²) < 4.78 is 16.4. The molecule has 0 spiro atoms. The number of halogens is 1. The molecule has 2 fully saturated rings. The van der Waals surface area contributed by atoms with E-state index in [4.69, 9.17) is 12.2 Å². The molecule has 0 atom stereocenters. The van der Waals surface area contributed by atoms with E-state index in [2.05, 4.69) is 4.90 Å². The number of para-hydroxylation sites is 1. The van der Waals surface area contributed by atoms with E-state index in [0.29, 0.717) is 71.0 Å². The van der Waals surface area contributed by atoms with Crippen LogP contribution in [0.1, 0.15) is 22.3 Å². The largest absolute Gasteiger partial charge is 0.366 e. The van der Waals surface area contributed by atoms with Gasteiger partial charge < -0.3 is 9.80 Å². The number of nitrogens with zero attached hydrogens (tertiary/aromatic N) is 5. The summed E-state index contributed by atoms with van der Waals surface area (Å²) >= 11 is 6.78. The maximum Gasteiger partial charge on any atom is 0.270 e. The first-order valence-corrected chi connectivity index (χ1v) is 14.2. The molecule has 0 saturated carbocycles. The summed E-state index contributed by atoms with van der Waals surface area (Å²) in [6, 6.07) is 18.6. The van der Waals surface area contributed by atoms with E-state index in [1.54, 1.807) is 37.1 Å². The third kappa shape index (κ3) is 5.27. The number of piperazine rings is 1. The zero-order valence-corrected chi connectivity index (χ0v) is 23.9. The van der Waals surface area contributed by atoms with Crippen LogP contribution >= 0.6 is 24.0 Å². The van der Waals surface area contributed by atoms with Crippen LogP contribution in [0, 0.1) is 24.1 Å². The Balaban J connectivity index is 1.46. The molecular formula is C30H28FN5O2S2. The molecule has 3 aromatic rings. The number of benzene rings is 2. The molecule has 0 N–H and O–H groups in total. The van der Waals surface area contributed by atoms with Crippen LogP contribution in [0.25, 0.3) is 6.08 Å². The van der Waals surface area contributed by atoms with Crippen LogP contribution in [0.3, 0.4) is 0 Å². The van der Waals surface area contributed by atoms with Crippen LogP contribution in [0.2, 0.25) is 0 Å². The van der Waals surface area contributed by atoms with E-state index in [1.165, 1.54) is 22.4 Å². The van der Waals surface area contributed by atoms with Crippen molar-refractivity contribution in [3.8, 4) is 6.07 Å². The van der Waals surface area contributed by atoms with Crippen LogP contribution in [-0.4, -0.2) is 52.4 Å². The Morgan fingerprint density at radius 2 is 1.68 bits per heavy atom. The number of hydrogen-bond donors (Lipinski definition) is 0. The van der Waals surface area contributed by atoms with Gasteiger partial charge in [-0.05, 0) is 42.7 Å². The van der Waals surface area contributed by atoms with Crippen molar-refractivity contribution < 1.29 is 9.18 Å². The van der Waals surface area contributed by atoms with Gasteiger partial charge in [-0.25, -0.2) is 4.39 Å². The van der Waals surface area contributed by atoms with Gasteiger partial charge in [0, 0.05) is 45.3 Å². The van der Waals surface area contributed by atoms with Gasteiger partial charge in [0.05, 0.1) is 10.6 Å². The minimum Gasteiger partial charge on any atom is -0.366 e. The number of pyridine rings is 1. The maximum absolute atomic E-state index is 14.4. The smallest absolute Gasteiger partial charge is 0.270 e. The molecule has 7 nitrogen and oxygen atoms in total. The monoisotopic (exact) mass is 573 g/mol. The quantitative estimate of drug-likeness (QED) is 0.318. The van der Waals surface area contributed by atoms with Gasteiger partial charge in [0.25, 0.3) is 11.5 Å². The molecule has 1 aromatic heterocycles. The van der Waals surface area contributed by atoms with Crippen molar-refractivity contribution in [1.29, 1.82) is 5.26 Å². The molecular weight excluding hydrogens is 545 g/mol. The Hall–Kier alpha value is -3.94. The summed E-state index contributed by atoms with van der Waals surface area (Å²) in [5.41, 5.74) is 2.48. The van der Waals surface area contributed by atoms with Gasteiger partial charge in [0.1, 0.15) is 27.6 Å². The van der Waals surface area contributed by atoms with E-state index >= 15 is 0 Å². The molecule has 1 amide bonds. The summed E-state index contributed by atoms with van der Waals surface area (Å²) in [5.74, 6) is 0.171. The lowest BCUT2D eigenvalue weighted by Crippen LogP contribution is -2.48. The Kier molecular flexibility index (Phi) is 8.05. The summed E-state index contributed by atoms with van der Waals surface area (Å²) in [4.78, 5) is 32.7. The average molecular weight is 574 g/mol. The standard InChI is InChI=1S/C30H28FN5O2S2/c1-20-22(18-26-29(38)36(30(39)40-26)13-12-21-8-4-3-5-9-21)27(33(2)28(37)23(20)19-32)35-16-14-34(15-17-35)25-11-7-6-10-24(25)31/h3-11,18H,12-17H2,1-2H3/b26-18-. The number of hydrogen-bond acceptors (Lipinski definition) is 7. The average Bonchev–Trinajstić information content (AvgIpc) is 3.23. The number of rotatable bonds is 6. The van der Waals surface area contributed by atoms with Gasteiger partial charge in [-0.15, -0.1) is 0 Å². The van der Waals surface area contributed by atoms with Gasteiger partial charge in [-0.3, -0.25) is 19.1 Å². The zero-order valence-electron chi connectivity index (χ0n) is 22.3. The summed E-state index contributed by atoms with van der Waals surface area (Å²) in [6.45, 7) is 4.37. The fourth-order valence-corrected chi connectivity index (χ4v) is 6.46. The molecule has 10 heteroatoms. The first-order valence-electron chi connectivity index (χ1n) is 13.0. The van der Waals surface area contributed by atoms with E-state index in [1.807, 2.05) is 47.4 Å². The fraction of sp³-hybridized carbons (Fsp3) is 0.267. The van der Waals surface area contributed by atoms with Gasteiger partial charge in [0.15, 0.2) is 0 Å². The van der Waals surface area contributed by atoms with Crippen molar-refractivity contribution in [2.24, 2.45) is 7.05 Å². The van der Waals surface area contributed by atoms with E-state index in [-0.39, 0.29) is 22.8 Å². The van der Waals surface area contributed by atoms with Crippen LogP contribution in [0.15, 0.2) is 64.3 Å². The Morgan fingerprint density at radius 1 is 1.02 bits per heavy atom. The molecule has 40 heavy (non-hydrogen) atoms. The molecule has 0 aliphatic carbocycles. The van der Waals surface area contributed by atoms with Crippen molar-refractivity contribution in [1.82, 2.24) is 9.47 Å². The third-order valence-corrected chi connectivity index (χ3v) is 8.73. The second kappa shape index (κ2) is 11.7. The third-order valence-electron chi connectivity index (χ3n) is 7.36. The minimum atomic E-state index is -0.390. The molecule has 204 valence electrons. The maximum atomic E-state index is 14.4. The highest BCUT2D eigenvalue weighted by atomic mass is 32.2. The molecule has 2 aliphatic heterocycles. The molecule has 2 aromatic carbocycles. The second-order valence-electron chi connectivity index (χ2n) is 9.71. The van der Waals surface area contributed by atoms with Crippen LogP contribution < -0.4 is 15.4 Å². The Labute approximate surface area is 242 Å². The number of amides is 1. The summed E-state index contributed by atoms with van der Waals surface area (Å²) in [7, 11) is 1.64. The van der Waals surface area contributed by atoms with E-state index in [0.717, 1.165) is 5.56 Å². The Morgan fingerprint density at radius 3 is 2.35 bits per heavy atom. The molecule has 0 radical (unpaired) electrons. The van der Waals surface area contributed by atoms with Gasteiger partial charge in [0.2, 0.25) is 0 Å². The number of thiocarbonyl (C=S) groups is 1. The minimum absolute atomic E-state index is 0.0436. The number of carbonyl (C=O) groups is 1. The van der Waals surface area contributed by atoms with Crippen molar-refractivity contribution in [2.75, 3.05) is 42.5 Å². The number of anilines is 2. The van der Waals surface area contributed by atoms with E-state index < -0.39 is 0 Å². The van der Waals surface area contributed by atoms with Crippen molar-refractivity contribution in [2.45, 2.75) is 13.3 Å². The molecule has 5 rings (SSSR count). The topological polar surface area (TPSA) is 72.6 Å². The first kappa shape index (κ1) is 27.6. The zero-order chi connectivity index (χ0) is 28.4. The molecule has 0 bridgehead atoms.